The van der Waals surface area contributed by atoms with Crippen LogP contribution in [0, 0.1) is 0 Å². The van der Waals surface area contributed by atoms with Crippen LogP contribution in [0.3, 0.4) is 0 Å². The predicted octanol–water partition coefficient (Wildman–Crippen LogP) is 1.55. The van der Waals surface area contributed by atoms with Crippen LogP contribution in [0.2, 0.25) is 0 Å². The van der Waals surface area contributed by atoms with E-state index in [9.17, 15) is 9.90 Å². The maximum atomic E-state index is 12.3. The summed E-state index contributed by atoms with van der Waals surface area (Å²) in [6.45, 7) is 2.10. The van der Waals surface area contributed by atoms with Gasteiger partial charge < -0.3 is 14.7 Å². The van der Waals surface area contributed by atoms with Crippen molar-refractivity contribution in [3.8, 4) is 0 Å². The Hall–Kier alpha value is -1.46. The molecule has 1 aromatic rings. The largest absolute Gasteiger partial charge is 0.390 e. The van der Waals surface area contributed by atoms with Crippen molar-refractivity contribution < 1.29 is 14.6 Å². The first-order valence-corrected chi connectivity index (χ1v) is 8.18. The molecule has 0 aliphatic carbocycles. The summed E-state index contributed by atoms with van der Waals surface area (Å²) in [6, 6.07) is 3.89. The molecule has 0 unspecified atom stereocenters. The lowest BCUT2D eigenvalue weighted by Gasteiger charge is -2.46. The maximum absolute atomic E-state index is 12.3. The zero-order valence-electron chi connectivity index (χ0n) is 12.9. The second-order valence-electron chi connectivity index (χ2n) is 6.31. The van der Waals surface area contributed by atoms with Crippen LogP contribution in [0.5, 0.6) is 0 Å². The van der Waals surface area contributed by atoms with Gasteiger partial charge in [0.2, 0.25) is 5.91 Å². The molecule has 0 bridgehead atoms. The summed E-state index contributed by atoms with van der Waals surface area (Å²) in [7, 11) is 0. The molecule has 0 aromatic carbocycles. The summed E-state index contributed by atoms with van der Waals surface area (Å²) in [5.41, 5.74) is 0.689. The number of piperidine rings is 1. The Balaban J connectivity index is 1.49. The number of aromatic nitrogens is 1. The Morgan fingerprint density at radius 3 is 2.95 bits per heavy atom. The highest BCUT2D eigenvalue weighted by molar-refractivity contribution is 5.76. The van der Waals surface area contributed by atoms with Crippen LogP contribution in [0.15, 0.2) is 24.5 Å². The molecule has 2 fully saturated rings. The molecule has 0 radical (unpaired) electrons. The fourth-order valence-corrected chi connectivity index (χ4v) is 3.48. The lowest BCUT2D eigenvalue weighted by Crippen LogP contribution is -2.56. The number of amides is 1. The highest BCUT2D eigenvalue weighted by Gasteiger charge is 2.44. The number of pyridine rings is 1. The van der Waals surface area contributed by atoms with E-state index in [0.29, 0.717) is 19.5 Å². The normalized spacial score (nSPS) is 24.4. The number of likely N-dealkylation sites (tertiary alicyclic amines) is 1. The van der Waals surface area contributed by atoms with Gasteiger partial charge in [0.1, 0.15) is 0 Å². The molecular formula is C17H24N2O3. The third kappa shape index (κ3) is 3.31. The number of carbonyl (C=O) groups is 1. The first-order chi connectivity index (χ1) is 10.7. The van der Waals surface area contributed by atoms with E-state index in [1.54, 1.807) is 6.20 Å². The lowest BCUT2D eigenvalue weighted by molar-refractivity contribution is -0.179. The number of aliphatic hydroxyl groups excluding tert-OH is 1. The summed E-state index contributed by atoms with van der Waals surface area (Å²) >= 11 is 0. The molecule has 1 amide bonds. The molecule has 22 heavy (non-hydrogen) atoms. The van der Waals surface area contributed by atoms with Crippen LogP contribution in [-0.4, -0.2) is 52.3 Å². The highest BCUT2D eigenvalue weighted by atomic mass is 16.5. The van der Waals surface area contributed by atoms with Crippen LogP contribution in [0.1, 0.15) is 37.7 Å². The average Bonchev–Trinajstić information content (AvgIpc) is 2.57. The van der Waals surface area contributed by atoms with Gasteiger partial charge in [-0.05, 0) is 43.7 Å². The summed E-state index contributed by atoms with van der Waals surface area (Å²) in [4.78, 5) is 18.3. The van der Waals surface area contributed by atoms with Crippen LogP contribution in [-0.2, 0) is 16.0 Å². The van der Waals surface area contributed by atoms with Gasteiger partial charge in [0.05, 0.1) is 11.7 Å². The van der Waals surface area contributed by atoms with Crippen LogP contribution < -0.4 is 0 Å². The molecule has 5 heteroatoms. The fourth-order valence-electron chi connectivity index (χ4n) is 3.48. The minimum Gasteiger partial charge on any atom is -0.390 e. The third-order valence-electron chi connectivity index (χ3n) is 4.93. The van der Waals surface area contributed by atoms with Crippen LogP contribution in [0.25, 0.3) is 0 Å². The van der Waals surface area contributed by atoms with Gasteiger partial charge in [0.15, 0.2) is 0 Å². The van der Waals surface area contributed by atoms with Crippen LogP contribution in [0.4, 0.5) is 0 Å². The molecule has 5 nitrogen and oxygen atoms in total. The number of nitrogens with zero attached hydrogens (tertiary/aromatic N) is 2. The first-order valence-electron chi connectivity index (χ1n) is 8.18. The van der Waals surface area contributed by atoms with Gasteiger partial charge in [0.25, 0.3) is 0 Å². The van der Waals surface area contributed by atoms with E-state index in [2.05, 4.69) is 4.98 Å². The molecule has 120 valence electrons. The van der Waals surface area contributed by atoms with E-state index in [1.165, 1.54) is 0 Å². The standard InChI is InChI=1S/C17H24N2O3/c20-15-4-2-12-22-17(15)7-10-19(11-8-17)16(21)6-5-14-3-1-9-18-13-14/h1,3,9,13,15,20H,2,4-8,10-12H2/t15-/m0/s1. The third-order valence-corrected chi connectivity index (χ3v) is 4.93. The van der Waals surface area contributed by atoms with E-state index < -0.39 is 5.60 Å². The number of carbonyl (C=O) groups excluding carboxylic acids is 1. The lowest BCUT2D eigenvalue weighted by atomic mass is 9.82. The number of ether oxygens (including phenoxy) is 1. The minimum atomic E-state index is -0.404. The molecule has 2 aliphatic rings. The van der Waals surface area contributed by atoms with Gasteiger partial charge in [-0.25, -0.2) is 0 Å². The number of hydrogen-bond donors (Lipinski definition) is 1. The van der Waals surface area contributed by atoms with E-state index in [0.717, 1.165) is 44.3 Å². The Bertz CT molecular complexity index is 498. The molecule has 1 aromatic heterocycles. The molecule has 1 spiro atoms. The smallest absolute Gasteiger partial charge is 0.222 e. The molecule has 2 aliphatic heterocycles. The monoisotopic (exact) mass is 304 g/mol. The summed E-state index contributed by atoms with van der Waals surface area (Å²) < 4.78 is 5.88. The van der Waals surface area contributed by atoms with Gasteiger partial charge >= 0.3 is 0 Å². The average molecular weight is 304 g/mol. The van der Waals surface area contributed by atoms with E-state index in [1.807, 2.05) is 23.2 Å². The summed E-state index contributed by atoms with van der Waals surface area (Å²) in [6.07, 6.45) is 7.64. The highest BCUT2D eigenvalue weighted by Crippen LogP contribution is 2.35. The van der Waals surface area contributed by atoms with Crippen molar-refractivity contribution in [3.63, 3.8) is 0 Å². The zero-order valence-corrected chi connectivity index (χ0v) is 12.9. The van der Waals surface area contributed by atoms with Gasteiger partial charge in [-0.15, -0.1) is 0 Å². The summed E-state index contributed by atoms with van der Waals surface area (Å²) in [5, 5.41) is 10.2. The predicted molar refractivity (Wildman–Crippen MR) is 82.3 cm³/mol. The van der Waals surface area contributed by atoms with Crippen molar-refractivity contribution in [1.82, 2.24) is 9.88 Å². The van der Waals surface area contributed by atoms with Crippen molar-refractivity contribution in [2.45, 2.75) is 50.2 Å². The van der Waals surface area contributed by atoms with E-state index in [-0.39, 0.29) is 12.0 Å². The van der Waals surface area contributed by atoms with Crippen molar-refractivity contribution in [2.24, 2.45) is 0 Å². The van der Waals surface area contributed by atoms with Crippen LogP contribution >= 0.6 is 0 Å². The number of aliphatic hydroxyl groups is 1. The molecule has 3 heterocycles. The fraction of sp³-hybridized carbons (Fsp3) is 0.647. The van der Waals surface area contributed by atoms with E-state index >= 15 is 0 Å². The topological polar surface area (TPSA) is 62.7 Å². The molecule has 1 atom stereocenters. The number of rotatable bonds is 3. The SMILES string of the molecule is O=C(CCc1cccnc1)N1CCC2(CC1)OCCC[C@@H]2O. The van der Waals surface area contributed by atoms with E-state index in [4.69, 9.17) is 4.74 Å². The molecule has 0 saturated carbocycles. The Morgan fingerprint density at radius 1 is 1.45 bits per heavy atom. The summed E-state index contributed by atoms with van der Waals surface area (Å²) in [5.74, 6) is 0.184. The van der Waals surface area contributed by atoms with Crippen molar-refractivity contribution in [1.29, 1.82) is 0 Å². The number of aryl methyl sites for hydroxylation is 1. The molecule has 1 N–H and O–H groups in total. The second-order valence-corrected chi connectivity index (χ2v) is 6.31. The van der Waals surface area contributed by atoms with Crippen molar-refractivity contribution in [3.05, 3.63) is 30.1 Å². The Labute approximate surface area is 131 Å². The van der Waals surface area contributed by atoms with Crippen molar-refractivity contribution in [2.75, 3.05) is 19.7 Å². The minimum absolute atomic E-state index is 0.184. The first kappa shape index (κ1) is 15.4. The Morgan fingerprint density at radius 2 is 2.27 bits per heavy atom. The van der Waals surface area contributed by atoms with Gasteiger partial charge in [-0.2, -0.15) is 0 Å². The quantitative estimate of drug-likeness (QED) is 0.920. The zero-order chi connectivity index (χ0) is 15.4. The molecular weight excluding hydrogens is 280 g/mol. The van der Waals surface area contributed by atoms with Gasteiger partial charge in [0, 0.05) is 38.5 Å². The maximum Gasteiger partial charge on any atom is 0.222 e. The Kier molecular flexibility index (Phi) is 4.74. The van der Waals surface area contributed by atoms with Gasteiger partial charge in [-0.1, -0.05) is 6.07 Å². The molecule has 3 rings (SSSR count). The van der Waals surface area contributed by atoms with Crippen molar-refractivity contribution >= 4 is 5.91 Å². The molecule has 2 saturated heterocycles. The van der Waals surface area contributed by atoms with Gasteiger partial charge in [-0.3, -0.25) is 9.78 Å². The second kappa shape index (κ2) is 6.75. The number of hydrogen-bond acceptors (Lipinski definition) is 4.